The number of phenolic OH excluding ortho intramolecular Hbond substituents is 1. The molecule has 0 amide bonds. The molecule has 102 valence electrons. The van der Waals surface area contributed by atoms with E-state index in [1.807, 2.05) is 0 Å². The van der Waals surface area contributed by atoms with Crippen LogP contribution in [0.3, 0.4) is 0 Å². The van der Waals surface area contributed by atoms with E-state index in [-0.39, 0.29) is 11.3 Å². The molecule has 20 heavy (non-hydrogen) atoms. The Morgan fingerprint density at radius 2 is 1.90 bits per heavy atom. The van der Waals surface area contributed by atoms with Crippen LogP contribution < -0.4 is 5.32 Å². The molecule has 2 heterocycles. The van der Waals surface area contributed by atoms with E-state index in [0.29, 0.717) is 30.0 Å². The van der Waals surface area contributed by atoms with Crippen LogP contribution in [-0.2, 0) is 0 Å². The predicted octanol–water partition coefficient (Wildman–Crippen LogP) is 2.73. The number of carbonyl (C=O) groups is 1. The standard InChI is InChI=1S/C14H10F2N2O2/c15-9-5-7(6-10(16)13(9)20)11-2-1-8-12(19)3-4-17-14(8)18-11/h1-2,5-6,20H,3-4H2,(H,17,18). The fourth-order valence-electron chi connectivity index (χ4n) is 2.12. The highest BCUT2D eigenvalue weighted by Gasteiger charge is 2.19. The fourth-order valence-corrected chi connectivity index (χ4v) is 2.12. The van der Waals surface area contributed by atoms with Crippen LogP contribution in [0.4, 0.5) is 14.6 Å². The summed E-state index contributed by atoms with van der Waals surface area (Å²) in [6.45, 7) is 0.487. The Morgan fingerprint density at radius 1 is 1.20 bits per heavy atom. The molecular formula is C14H10F2N2O2. The molecule has 0 aliphatic carbocycles. The van der Waals surface area contributed by atoms with Crippen molar-refractivity contribution in [1.82, 2.24) is 4.98 Å². The number of fused-ring (bicyclic) bond motifs is 1. The van der Waals surface area contributed by atoms with Crippen molar-refractivity contribution in [2.24, 2.45) is 0 Å². The van der Waals surface area contributed by atoms with Gasteiger partial charge >= 0.3 is 0 Å². The van der Waals surface area contributed by atoms with Gasteiger partial charge in [-0.2, -0.15) is 0 Å². The van der Waals surface area contributed by atoms with Crippen LogP contribution in [-0.4, -0.2) is 22.4 Å². The van der Waals surface area contributed by atoms with E-state index >= 15 is 0 Å². The number of hydrogen-bond acceptors (Lipinski definition) is 4. The molecule has 0 radical (unpaired) electrons. The second-order valence-electron chi connectivity index (χ2n) is 4.48. The summed E-state index contributed by atoms with van der Waals surface area (Å²) in [4.78, 5) is 15.9. The van der Waals surface area contributed by atoms with E-state index in [4.69, 9.17) is 5.11 Å². The van der Waals surface area contributed by atoms with Crippen molar-refractivity contribution >= 4 is 11.6 Å². The van der Waals surface area contributed by atoms with Crippen LogP contribution in [0, 0.1) is 11.6 Å². The van der Waals surface area contributed by atoms with Crippen molar-refractivity contribution in [2.75, 3.05) is 11.9 Å². The Kier molecular flexibility index (Phi) is 2.85. The number of pyridine rings is 1. The average molecular weight is 276 g/mol. The number of Topliss-reactive ketones (excluding diaryl/α,β-unsaturated/α-hetero) is 1. The van der Waals surface area contributed by atoms with E-state index < -0.39 is 17.4 Å². The zero-order valence-electron chi connectivity index (χ0n) is 10.3. The number of ketones is 1. The molecule has 2 N–H and O–H groups in total. The molecule has 0 spiro atoms. The summed E-state index contributed by atoms with van der Waals surface area (Å²) in [6.07, 6.45) is 0.399. The van der Waals surface area contributed by atoms with Gasteiger partial charge in [-0.1, -0.05) is 0 Å². The van der Waals surface area contributed by atoms with Crippen LogP contribution in [0.1, 0.15) is 16.8 Å². The first-order valence-corrected chi connectivity index (χ1v) is 6.03. The van der Waals surface area contributed by atoms with Gasteiger partial charge in [0.15, 0.2) is 23.2 Å². The Morgan fingerprint density at radius 3 is 2.60 bits per heavy atom. The van der Waals surface area contributed by atoms with Gasteiger partial charge in [0.25, 0.3) is 0 Å². The van der Waals surface area contributed by atoms with Gasteiger partial charge in [-0.05, 0) is 24.3 Å². The number of aromatic hydroxyl groups is 1. The fraction of sp³-hybridized carbons (Fsp3) is 0.143. The number of hydrogen-bond donors (Lipinski definition) is 2. The molecule has 4 nitrogen and oxygen atoms in total. The molecule has 0 fully saturated rings. The maximum absolute atomic E-state index is 13.3. The second-order valence-corrected chi connectivity index (χ2v) is 4.48. The van der Waals surface area contributed by atoms with Crippen molar-refractivity contribution in [3.8, 4) is 17.0 Å². The molecule has 1 aromatic heterocycles. The van der Waals surface area contributed by atoms with Gasteiger partial charge in [-0.15, -0.1) is 0 Å². The van der Waals surface area contributed by atoms with Crippen molar-refractivity contribution in [3.05, 3.63) is 41.5 Å². The summed E-state index contributed by atoms with van der Waals surface area (Å²) >= 11 is 0. The summed E-state index contributed by atoms with van der Waals surface area (Å²) in [5.41, 5.74) is 0.990. The molecule has 0 unspecified atom stereocenters. The monoisotopic (exact) mass is 276 g/mol. The summed E-state index contributed by atoms with van der Waals surface area (Å²) in [5.74, 6) is -2.72. The van der Waals surface area contributed by atoms with Gasteiger partial charge in [-0.3, -0.25) is 4.79 Å². The van der Waals surface area contributed by atoms with Gasteiger partial charge in [-0.25, -0.2) is 13.8 Å². The summed E-state index contributed by atoms with van der Waals surface area (Å²) in [5, 5.41) is 12.1. The van der Waals surface area contributed by atoms with Crippen molar-refractivity contribution in [3.63, 3.8) is 0 Å². The van der Waals surface area contributed by atoms with E-state index in [0.717, 1.165) is 12.1 Å². The number of anilines is 1. The molecule has 3 rings (SSSR count). The highest BCUT2D eigenvalue weighted by molar-refractivity contribution is 6.02. The molecule has 6 heteroatoms. The number of aromatic nitrogens is 1. The van der Waals surface area contributed by atoms with Crippen LogP contribution in [0.15, 0.2) is 24.3 Å². The van der Waals surface area contributed by atoms with Crippen molar-refractivity contribution < 1.29 is 18.7 Å². The lowest BCUT2D eigenvalue weighted by atomic mass is 10.0. The molecule has 0 bridgehead atoms. The van der Waals surface area contributed by atoms with Crippen LogP contribution in [0.25, 0.3) is 11.3 Å². The molecule has 0 saturated heterocycles. The quantitative estimate of drug-likeness (QED) is 0.840. The maximum Gasteiger partial charge on any atom is 0.187 e. The molecule has 1 aliphatic heterocycles. The molecular weight excluding hydrogens is 266 g/mol. The van der Waals surface area contributed by atoms with Gasteiger partial charge in [0.2, 0.25) is 0 Å². The Balaban J connectivity index is 2.09. The first-order chi connectivity index (χ1) is 9.56. The molecule has 0 atom stereocenters. The molecule has 1 aliphatic rings. The zero-order chi connectivity index (χ0) is 14.3. The number of nitrogens with one attached hydrogen (secondary N) is 1. The van der Waals surface area contributed by atoms with Crippen LogP contribution in [0.5, 0.6) is 5.75 Å². The van der Waals surface area contributed by atoms with Gasteiger partial charge in [0.1, 0.15) is 5.82 Å². The highest BCUT2D eigenvalue weighted by atomic mass is 19.1. The van der Waals surface area contributed by atoms with E-state index in [9.17, 15) is 13.6 Å². The van der Waals surface area contributed by atoms with Crippen molar-refractivity contribution in [2.45, 2.75) is 6.42 Å². The number of rotatable bonds is 1. The molecule has 0 saturated carbocycles. The third kappa shape index (κ3) is 1.99. The zero-order valence-corrected chi connectivity index (χ0v) is 10.3. The molecule has 2 aromatic rings. The minimum absolute atomic E-state index is 0.0131. The van der Waals surface area contributed by atoms with Crippen LogP contribution in [0.2, 0.25) is 0 Å². The Labute approximate surface area is 113 Å². The number of benzene rings is 1. The average Bonchev–Trinajstić information content (AvgIpc) is 2.44. The van der Waals surface area contributed by atoms with Crippen LogP contribution >= 0.6 is 0 Å². The first-order valence-electron chi connectivity index (χ1n) is 6.03. The van der Waals surface area contributed by atoms with Crippen molar-refractivity contribution in [1.29, 1.82) is 0 Å². The molecule has 1 aromatic carbocycles. The third-order valence-electron chi connectivity index (χ3n) is 3.15. The Bertz CT molecular complexity index is 693. The normalized spacial score (nSPS) is 13.8. The van der Waals surface area contributed by atoms with Gasteiger partial charge in [0, 0.05) is 18.5 Å². The number of carbonyl (C=O) groups excluding carboxylic acids is 1. The first kappa shape index (κ1) is 12.5. The highest BCUT2D eigenvalue weighted by Crippen LogP contribution is 2.29. The Hall–Kier alpha value is -2.50. The third-order valence-corrected chi connectivity index (χ3v) is 3.15. The predicted molar refractivity (Wildman–Crippen MR) is 68.7 cm³/mol. The minimum Gasteiger partial charge on any atom is -0.503 e. The van der Waals surface area contributed by atoms with E-state index in [2.05, 4.69) is 10.3 Å². The largest absolute Gasteiger partial charge is 0.503 e. The number of nitrogens with zero attached hydrogens (tertiary/aromatic N) is 1. The van der Waals surface area contributed by atoms with Gasteiger partial charge in [0.05, 0.1) is 11.3 Å². The smallest absolute Gasteiger partial charge is 0.187 e. The summed E-state index contributed by atoms with van der Waals surface area (Å²) in [6, 6.07) is 5.10. The lowest BCUT2D eigenvalue weighted by Gasteiger charge is -2.16. The lowest BCUT2D eigenvalue weighted by Crippen LogP contribution is -2.19. The summed E-state index contributed by atoms with van der Waals surface area (Å²) < 4.78 is 26.7. The number of phenols is 1. The minimum atomic E-state index is -1.05. The summed E-state index contributed by atoms with van der Waals surface area (Å²) in [7, 11) is 0. The number of halogens is 2. The lowest BCUT2D eigenvalue weighted by molar-refractivity contribution is 0.0983. The van der Waals surface area contributed by atoms with Gasteiger partial charge < -0.3 is 10.4 Å². The SMILES string of the molecule is O=C1CCNc2nc(-c3cc(F)c(O)c(F)c3)ccc21. The topological polar surface area (TPSA) is 62.2 Å². The maximum atomic E-state index is 13.3. The van der Waals surface area contributed by atoms with E-state index in [1.54, 1.807) is 6.07 Å². The second kappa shape index (κ2) is 4.56. The van der Waals surface area contributed by atoms with E-state index in [1.165, 1.54) is 6.07 Å².